The SMILES string of the molecule is O=C(CC1CCCCC1)NC1CCCC1CBr. The van der Waals surface area contributed by atoms with Gasteiger partial charge in [-0.05, 0) is 37.5 Å². The smallest absolute Gasteiger partial charge is 0.220 e. The van der Waals surface area contributed by atoms with Crippen LogP contribution in [0.5, 0.6) is 0 Å². The third kappa shape index (κ3) is 3.97. The van der Waals surface area contributed by atoms with E-state index in [0.717, 1.165) is 11.8 Å². The maximum atomic E-state index is 12.0. The van der Waals surface area contributed by atoms with Gasteiger partial charge in [-0.15, -0.1) is 0 Å². The van der Waals surface area contributed by atoms with Crippen molar-refractivity contribution in [2.45, 2.75) is 63.8 Å². The van der Waals surface area contributed by atoms with Gasteiger partial charge in [0.25, 0.3) is 0 Å². The molecule has 2 saturated carbocycles. The second-order valence-corrected chi connectivity index (χ2v) is 6.37. The number of hydrogen-bond acceptors (Lipinski definition) is 1. The van der Waals surface area contributed by atoms with E-state index in [1.54, 1.807) is 0 Å². The average molecular weight is 302 g/mol. The normalized spacial score (nSPS) is 30.4. The molecule has 2 aliphatic rings. The van der Waals surface area contributed by atoms with E-state index in [2.05, 4.69) is 21.2 Å². The predicted octanol–water partition coefficient (Wildman–Crippen LogP) is 3.64. The van der Waals surface area contributed by atoms with Crippen LogP contribution in [-0.2, 0) is 4.79 Å². The van der Waals surface area contributed by atoms with Crippen LogP contribution < -0.4 is 5.32 Å². The van der Waals surface area contributed by atoms with E-state index < -0.39 is 0 Å². The number of nitrogens with one attached hydrogen (secondary N) is 1. The molecule has 0 spiro atoms. The van der Waals surface area contributed by atoms with Crippen LogP contribution in [-0.4, -0.2) is 17.3 Å². The number of carbonyl (C=O) groups is 1. The molecule has 2 unspecified atom stereocenters. The highest BCUT2D eigenvalue weighted by Crippen LogP contribution is 2.29. The highest BCUT2D eigenvalue weighted by atomic mass is 79.9. The van der Waals surface area contributed by atoms with Gasteiger partial charge in [-0.3, -0.25) is 4.79 Å². The van der Waals surface area contributed by atoms with Crippen LogP contribution in [0, 0.1) is 11.8 Å². The Kier molecular flexibility index (Phi) is 5.33. The first-order valence-corrected chi connectivity index (χ1v) is 8.27. The van der Waals surface area contributed by atoms with E-state index in [4.69, 9.17) is 0 Å². The van der Waals surface area contributed by atoms with Gasteiger partial charge >= 0.3 is 0 Å². The van der Waals surface area contributed by atoms with Crippen molar-refractivity contribution in [3.8, 4) is 0 Å². The zero-order chi connectivity index (χ0) is 12.1. The van der Waals surface area contributed by atoms with Crippen molar-refractivity contribution in [1.29, 1.82) is 0 Å². The molecule has 0 bridgehead atoms. The summed E-state index contributed by atoms with van der Waals surface area (Å²) >= 11 is 3.55. The van der Waals surface area contributed by atoms with Gasteiger partial charge in [-0.1, -0.05) is 41.6 Å². The van der Waals surface area contributed by atoms with Gasteiger partial charge in [0.05, 0.1) is 0 Å². The Labute approximate surface area is 113 Å². The minimum atomic E-state index is 0.301. The molecule has 1 amide bonds. The van der Waals surface area contributed by atoms with Gasteiger partial charge in [0, 0.05) is 17.8 Å². The quantitative estimate of drug-likeness (QED) is 0.789. The molecule has 2 aliphatic carbocycles. The maximum absolute atomic E-state index is 12.0. The second-order valence-electron chi connectivity index (χ2n) is 5.73. The van der Waals surface area contributed by atoms with Gasteiger partial charge in [0.15, 0.2) is 0 Å². The van der Waals surface area contributed by atoms with Gasteiger partial charge in [0.1, 0.15) is 0 Å². The molecule has 0 aromatic carbocycles. The Bertz CT molecular complexity index is 251. The maximum Gasteiger partial charge on any atom is 0.220 e. The summed E-state index contributed by atoms with van der Waals surface area (Å²) in [5, 5.41) is 4.29. The highest BCUT2D eigenvalue weighted by molar-refractivity contribution is 9.09. The summed E-state index contributed by atoms with van der Waals surface area (Å²) in [6.07, 6.45) is 11.0. The lowest BCUT2D eigenvalue weighted by Gasteiger charge is -2.23. The van der Waals surface area contributed by atoms with E-state index in [9.17, 15) is 4.79 Å². The standard InChI is InChI=1S/C14H24BrNO/c15-10-12-7-4-8-13(12)16-14(17)9-11-5-2-1-3-6-11/h11-13H,1-10H2,(H,16,17). The van der Waals surface area contributed by atoms with E-state index in [1.165, 1.54) is 51.4 Å². The first-order chi connectivity index (χ1) is 8.29. The summed E-state index contributed by atoms with van der Waals surface area (Å²) in [6, 6.07) is 0.436. The lowest BCUT2D eigenvalue weighted by Crippen LogP contribution is -2.38. The van der Waals surface area contributed by atoms with Crippen LogP contribution in [0.1, 0.15) is 57.8 Å². The zero-order valence-corrected chi connectivity index (χ0v) is 12.2. The van der Waals surface area contributed by atoms with Crippen molar-refractivity contribution in [3.63, 3.8) is 0 Å². The molecule has 0 radical (unpaired) electrons. The Hall–Kier alpha value is -0.0500. The first-order valence-electron chi connectivity index (χ1n) is 7.15. The fourth-order valence-corrected chi connectivity index (χ4v) is 4.11. The third-order valence-corrected chi connectivity index (χ3v) is 5.23. The number of alkyl halides is 1. The van der Waals surface area contributed by atoms with E-state index >= 15 is 0 Å². The molecule has 2 atom stereocenters. The molecule has 0 heterocycles. The molecule has 2 nitrogen and oxygen atoms in total. The van der Waals surface area contributed by atoms with Crippen molar-refractivity contribution in [3.05, 3.63) is 0 Å². The minimum Gasteiger partial charge on any atom is -0.353 e. The second kappa shape index (κ2) is 6.77. The lowest BCUT2D eigenvalue weighted by atomic mass is 9.86. The summed E-state index contributed by atoms with van der Waals surface area (Å²) in [5.74, 6) is 1.62. The van der Waals surface area contributed by atoms with Crippen molar-refractivity contribution in [2.24, 2.45) is 11.8 Å². The summed E-state index contributed by atoms with van der Waals surface area (Å²) in [4.78, 5) is 12.0. The average Bonchev–Trinajstić information content (AvgIpc) is 2.77. The summed E-state index contributed by atoms with van der Waals surface area (Å²) in [6.45, 7) is 0. The van der Waals surface area contributed by atoms with E-state index in [-0.39, 0.29) is 0 Å². The molecule has 0 aromatic heterocycles. The van der Waals surface area contributed by atoms with Gasteiger partial charge < -0.3 is 5.32 Å². The molecule has 3 heteroatoms. The lowest BCUT2D eigenvalue weighted by molar-refractivity contribution is -0.123. The molecule has 98 valence electrons. The molecule has 17 heavy (non-hydrogen) atoms. The fraction of sp³-hybridized carbons (Fsp3) is 0.929. The van der Waals surface area contributed by atoms with Gasteiger partial charge in [-0.2, -0.15) is 0 Å². The molecule has 2 rings (SSSR count). The summed E-state index contributed by atoms with van der Waals surface area (Å²) in [5.41, 5.74) is 0. The minimum absolute atomic E-state index is 0.301. The predicted molar refractivity (Wildman–Crippen MR) is 74.3 cm³/mol. The van der Waals surface area contributed by atoms with Crippen LogP contribution >= 0.6 is 15.9 Å². The molecule has 1 N–H and O–H groups in total. The topological polar surface area (TPSA) is 29.1 Å². The number of hydrogen-bond donors (Lipinski definition) is 1. The number of carbonyl (C=O) groups excluding carboxylic acids is 1. The van der Waals surface area contributed by atoms with Crippen LogP contribution in [0.3, 0.4) is 0 Å². The largest absolute Gasteiger partial charge is 0.353 e. The van der Waals surface area contributed by atoms with Crippen molar-refractivity contribution >= 4 is 21.8 Å². The summed E-state index contributed by atoms with van der Waals surface area (Å²) in [7, 11) is 0. The molecular formula is C14H24BrNO. The Morgan fingerprint density at radius 1 is 1.06 bits per heavy atom. The van der Waals surface area contributed by atoms with Crippen LogP contribution in [0.2, 0.25) is 0 Å². The monoisotopic (exact) mass is 301 g/mol. The Morgan fingerprint density at radius 3 is 2.53 bits per heavy atom. The Balaban J connectivity index is 1.72. The van der Waals surface area contributed by atoms with Crippen LogP contribution in [0.4, 0.5) is 0 Å². The third-order valence-electron chi connectivity index (χ3n) is 4.40. The zero-order valence-electron chi connectivity index (χ0n) is 10.6. The van der Waals surface area contributed by atoms with Crippen molar-refractivity contribution in [2.75, 3.05) is 5.33 Å². The summed E-state index contributed by atoms with van der Waals surface area (Å²) < 4.78 is 0. The van der Waals surface area contributed by atoms with Gasteiger partial charge in [0.2, 0.25) is 5.91 Å². The van der Waals surface area contributed by atoms with E-state index in [0.29, 0.717) is 23.8 Å². The fourth-order valence-electron chi connectivity index (χ4n) is 3.33. The van der Waals surface area contributed by atoms with Crippen molar-refractivity contribution in [1.82, 2.24) is 5.32 Å². The number of amides is 1. The molecule has 0 aromatic rings. The molecule has 0 aliphatic heterocycles. The number of halogens is 1. The highest BCUT2D eigenvalue weighted by Gasteiger charge is 2.28. The van der Waals surface area contributed by atoms with Crippen molar-refractivity contribution < 1.29 is 4.79 Å². The number of rotatable bonds is 4. The molecule has 2 fully saturated rings. The van der Waals surface area contributed by atoms with Gasteiger partial charge in [-0.25, -0.2) is 0 Å². The first kappa shape index (κ1) is 13.4. The molecular weight excluding hydrogens is 278 g/mol. The van der Waals surface area contributed by atoms with Crippen LogP contribution in [0.25, 0.3) is 0 Å². The molecule has 0 saturated heterocycles. The Morgan fingerprint density at radius 2 is 1.82 bits per heavy atom. The van der Waals surface area contributed by atoms with Crippen LogP contribution in [0.15, 0.2) is 0 Å². The van der Waals surface area contributed by atoms with E-state index in [1.807, 2.05) is 0 Å².